The number of rotatable bonds is 5. The number of anilines is 1. The number of hydrogen-bond donors (Lipinski definition) is 2. The van der Waals surface area contributed by atoms with Crippen LogP contribution < -0.4 is 11.0 Å². The fourth-order valence-electron chi connectivity index (χ4n) is 4.12. The van der Waals surface area contributed by atoms with E-state index < -0.39 is 28.9 Å². The van der Waals surface area contributed by atoms with Gasteiger partial charge in [0.1, 0.15) is 11.4 Å². The molecule has 2 heterocycles. The Morgan fingerprint density at radius 2 is 1.65 bits per heavy atom. The molecule has 0 amide bonds. The molecular weight excluding hydrogens is 447 g/mol. The predicted octanol–water partition coefficient (Wildman–Crippen LogP) is 4.30. The van der Waals surface area contributed by atoms with Crippen LogP contribution in [0.25, 0.3) is 21.8 Å². The van der Waals surface area contributed by atoms with Crippen molar-refractivity contribution in [3.05, 3.63) is 63.5 Å². The number of halogens is 3. The van der Waals surface area contributed by atoms with E-state index in [4.69, 9.17) is 0 Å². The number of nitrogens with zero attached hydrogens (tertiary/aromatic N) is 4. The molecule has 2 N–H and O–H groups in total. The lowest BCUT2D eigenvalue weighted by Gasteiger charge is -2.30. The van der Waals surface area contributed by atoms with Crippen molar-refractivity contribution in [3.8, 4) is 0 Å². The largest absolute Gasteiger partial charge is 0.384 e. The summed E-state index contributed by atoms with van der Waals surface area (Å²) in [4.78, 5) is 12.4. The van der Waals surface area contributed by atoms with E-state index in [0.717, 1.165) is 30.8 Å². The molecule has 4 aromatic rings. The first kappa shape index (κ1) is 23.7. The monoisotopic (exact) mass is 473 g/mol. The number of imidazole rings is 1. The van der Waals surface area contributed by atoms with Gasteiger partial charge in [-0.2, -0.15) is 13.9 Å². The van der Waals surface area contributed by atoms with Crippen LogP contribution >= 0.6 is 0 Å². The molecule has 0 aliphatic carbocycles. The molecule has 0 radical (unpaired) electrons. The van der Waals surface area contributed by atoms with Crippen LogP contribution in [-0.4, -0.2) is 30.0 Å². The lowest BCUT2D eigenvalue weighted by atomic mass is 9.91. The van der Waals surface area contributed by atoms with Crippen molar-refractivity contribution in [1.29, 1.82) is 0 Å². The molecule has 10 heteroatoms. The molecule has 0 bridgehead atoms. The van der Waals surface area contributed by atoms with Crippen LogP contribution in [-0.2, 0) is 20.0 Å². The standard InChI is InChI=1S/C24H26F3N5O2/c1-12(14-8-7-9-17(20(14)25)24(26,27)23(3,4)34)28-21-16-11-19-18(31(5)22(33)32(19)6)10-15(16)13(2)29-30-21/h7-12,34H,1-6H3,(H,28,30)/t12-/m1/s1. The minimum absolute atomic E-state index is 0.00913. The molecule has 0 unspecified atom stereocenters. The maximum Gasteiger partial charge on any atom is 0.328 e. The minimum Gasteiger partial charge on any atom is -0.384 e. The Hall–Kier alpha value is -3.40. The Morgan fingerprint density at radius 1 is 1.06 bits per heavy atom. The van der Waals surface area contributed by atoms with Crippen LogP contribution in [0.1, 0.15) is 43.6 Å². The third kappa shape index (κ3) is 3.53. The van der Waals surface area contributed by atoms with Crippen molar-refractivity contribution >= 4 is 27.6 Å². The van der Waals surface area contributed by atoms with E-state index in [2.05, 4.69) is 15.5 Å². The summed E-state index contributed by atoms with van der Waals surface area (Å²) in [7, 11) is 3.35. The number of alkyl halides is 2. The highest BCUT2D eigenvalue weighted by Gasteiger charge is 2.49. The van der Waals surface area contributed by atoms with Gasteiger partial charge in [0.25, 0.3) is 0 Å². The lowest BCUT2D eigenvalue weighted by Crippen LogP contribution is -2.41. The Balaban J connectivity index is 1.82. The normalized spacial score (nSPS) is 13.6. The zero-order chi connectivity index (χ0) is 25.2. The van der Waals surface area contributed by atoms with Crippen LogP contribution in [0.2, 0.25) is 0 Å². The topological polar surface area (TPSA) is 85.0 Å². The first-order valence-corrected chi connectivity index (χ1v) is 10.7. The van der Waals surface area contributed by atoms with Crippen LogP contribution in [0, 0.1) is 12.7 Å². The molecule has 0 fully saturated rings. The number of aryl methyl sites for hydroxylation is 3. The van der Waals surface area contributed by atoms with Crippen LogP contribution in [0.4, 0.5) is 19.0 Å². The number of aliphatic hydroxyl groups is 1. The molecule has 1 atom stereocenters. The molecule has 7 nitrogen and oxygen atoms in total. The molecule has 4 rings (SSSR count). The van der Waals surface area contributed by atoms with Gasteiger partial charge in [-0.25, -0.2) is 9.18 Å². The highest BCUT2D eigenvalue weighted by atomic mass is 19.3. The Bertz CT molecular complexity index is 1480. The SMILES string of the molecule is Cc1nnc(N[C@H](C)c2cccc(C(F)(F)C(C)(C)O)c2F)c2cc3c(cc12)n(C)c(=O)n3C. The van der Waals surface area contributed by atoms with Crippen molar-refractivity contribution < 1.29 is 18.3 Å². The third-order valence-electron chi connectivity index (χ3n) is 6.31. The molecule has 180 valence electrons. The Kier molecular flexibility index (Phi) is 5.47. The van der Waals surface area contributed by atoms with Crippen molar-refractivity contribution in [2.45, 2.75) is 45.3 Å². The zero-order valence-corrected chi connectivity index (χ0v) is 19.7. The fraction of sp³-hybridized carbons (Fsp3) is 0.375. The second-order valence-electron chi connectivity index (χ2n) is 9.13. The van der Waals surface area contributed by atoms with Gasteiger partial charge in [0.05, 0.1) is 28.3 Å². The second-order valence-corrected chi connectivity index (χ2v) is 9.13. The molecule has 0 saturated carbocycles. The van der Waals surface area contributed by atoms with E-state index in [-0.39, 0.29) is 11.3 Å². The molecule has 2 aromatic heterocycles. The van der Waals surface area contributed by atoms with Crippen molar-refractivity contribution in [2.24, 2.45) is 14.1 Å². The number of aromatic nitrogens is 4. The van der Waals surface area contributed by atoms with Gasteiger partial charge in [-0.1, -0.05) is 12.1 Å². The van der Waals surface area contributed by atoms with Crippen molar-refractivity contribution in [3.63, 3.8) is 0 Å². The number of hydrogen-bond acceptors (Lipinski definition) is 5. The molecule has 34 heavy (non-hydrogen) atoms. The summed E-state index contributed by atoms with van der Waals surface area (Å²) in [5.74, 6) is -4.58. The minimum atomic E-state index is -3.80. The quantitative estimate of drug-likeness (QED) is 0.451. The van der Waals surface area contributed by atoms with Gasteiger partial charge >= 0.3 is 11.6 Å². The van der Waals surface area contributed by atoms with E-state index >= 15 is 4.39 Å². The summed E-state index contributed by atoms with van der Waals surface area (Å²) >= 11 is 0. The molecule has 0 spiro atoms. The maximum atomic E-state index is 15.2. The smallest absolute Gasteiger partial charge is 0.328 e. The Morgan fingerprint density at radius 3 is 2.24 bits per heavy atom. The third-order valence-corrected chi connectivity index (χ3v) is 6.31. The Labute approximate surface area is 193 Å². The van der Waals surface area contributed by atoms with Gasteiger partial charge in [-0.15, -0.1) is 5.10 Å². The number of fused-ring (bicyclic) bond motifs is 2. The van der Waals surface area contributed by atoms with E-state index in [1.807, 2.05) is 6.07 Å². The molecule has 0 aliphatic rings. The molecular formula is C24H26F3N5O2. The average molecular weight is 473 g/mol. The first-order valence-electron chi connectivity index (χ1n) is 10.7. The summed E-state index contributed by atoms with van der Waals surface area (Å²) in [6.07, 6.45) is 0. The van der Waals surface area contributed by atoms with Crippen molar-refractivity contribution in [2.75, 3.05) is 5.32 Å². The van der Waals surface area contributed by atoms with E-state index in [1.165, 1.54) is 21.3 Å². The van der Waals surface area contributed by atoms with E-state index in [9.17, 15) is 18.7 Å². The van der Waals surface area contributed by atoms with Gasteiger partial charge in [0.15, 0.2) is 5.82 Å². The lowest BCUT2D eigenvalue weighted by molar-refractivity contribution is -0.170. The van der Waals surface area contributed by atoms with Crippen LogP contribution in [0.5, 0.6) is 0 Å². The van der Waals surface area contributed by atoms with Crippen molar-refractivity contribution in [1.82, 2.24) is 19.3 Å². The summed E-state index contributed by atoms with van der Waals surface area (Å²) in [5, 5.41) is 22.8. The average Bonchev–Trinajstić information content (AvgIpc) is 2.97. The predicted molar refractivity (Wildman–Crippen MR) is 125 cm³/mol. The first-order chi connectivity index (χ1) is 15.8. The summed E-state index contributed by atoms with van der Waals surface area (Å²) in [6.45, 7) is 5.28. The fourth-order valence-corrected chi connectivity index (χ4v) is 4.12. The van der Waals surface area contributed by atoms with Gasteiger partial charge in [0, 0.05) is 30.4 Å². The second kappa shape index (κ2) is 7.83. The van der Waals surface area contributed by atoms with Gasteiger partial charge in [-0.3, -0.25) is 9.13 Å². The number of benzene rings is 2. The highest BCUT2D eigenvalue weighted by molar-refractivity contribution is 6.01. The molecule has 2 aromatic carbocycles. The van der Waals surface area contributed by atoms with Crippen LogP contribution in [0.3, 0.4) is 0 Å². The van der Waals surface area contributed by atoms with Gasteiger partial charge in [-0.05, 0) is 45.9 Å². The summed E-state index contributed by atoms with van der Waals surface area (Å²) in [6, 6.07) is 6.59. The highest BCUT2D eigenvalue weighted by Crippen LogP contribution is 2.41. The number of nitrogens with one attached hydrogen (secondary N) is 1. The molecule has 0 saturated heterocycles. The summed E-state index contributed by atoms with van der Waals surface area (Å²) in [5.41, 5.74) is -1.47. The van der Waals surface area contributed by atoms with E-state index in [1.54, 1.807) is 34.0 Å². The van der Waals surface area contributed by atoms with E-state index in [0.29, 0.717) is 22.4 Å². The zero-order valence-electron chi connectivity index (χ0n) is 19.7. The maximum absolute atomic E-state index is 15.2. The summed E-state index contributed by atoms with van der Waals surface area (Å²) < 4.78 is 47.7. The van der Waals surface area contributed by atoms with Gasteiger partial charge < -0.3 is 10.4 Å². The molecule has 0 aliphatic heterocycles. The van der Waals surface area contributed by atoms with Gasteiger partial charge in [0.2, 0.25) is 0 Å². The van der Waals surface area contributed by atoms with Crippen LogP contribution in [0.15, 0.2) is 35.1 Å².